The standard InChI is InChI=1S/C26H28N6/c1-16-11-22-21(9-10-28-26(22)27)17(2)23(16)14-30-25-12-24(31-15-32-25)29-13-18-3-5-19(6-4-18)20-7-8-20/h3-6,9-12,15,20H,7-8,13-14H2,1-2H3,(H2,27,28)(H2,29,30,31,32). The number of fused-ring (bicyclic) bond motifs is 1. The van der Waals surface area contributed by atoms with E-state index in [2.05, 4.69) is 69.8 Å². The van der Waals surface area contributed by atoms with Crippen LogP contribution in [-0.2, 0) is 13.1 Å². The van der Waals surface area contributed by atoms with Crippen molar-refractivity contribution in [2.24, 2.45) is 0 Å². The number of anilines is 3. The summed E-state index contributed by atoms with van der Waals surface area (Å²) in [6.07, 6.45) is 6.02. The van der Waals surface area contributed by atoms with Gasteiger partial charge in [0, 0.05) is 30.7 Å². The third-order valence-electron chi connectivity index (χ3n) is 6.33. The van der Waals surface area contributed by atoms with Crippen molar-refractivity contribution in [3.63, 3.8) is 0 Å². The molecule has 4 aromatic rings. The summed E-state index contributed by atoms with van der Waals surface area (Å²) in [6.45, 7) is 5.65. The van der Waals surface area contributed by atoms with E-state index in [0.717, 1.165) is 34.9 Å². The second-order valence-electron chi connectivity index (χ2n) is 8.60. The van der Waals surface area contributed by atoms with Crippen molar-refractivity contribution < 1.29 is 0 Å². The Balaban J connectivity index is 1.26. The van der Waals surface area contributed by atoms with Gasteiger partial charge in [-0.25, -0.2) is 15.0 Å². The highest BCUT2D eigenvalue weighted by molar-refractivity contribution is 5.94. The molecule has 162 valence electrons. The average molecular weight is 425 g/mol. The molecule has 4 N–H and O–H groups in total. The summed E-state index contributed by atoms with van der Waals surface area (Å²) in [5.41, 5.74) is 12.4. The molecule has 32 heavy (non-hydrogen) atoms. The maximum absolute atomic E-state index is 6.07. The molecule has 0 spiro atoms. The Hall–Kier alpha value is -3.67. The van der Waals surface area contributed by atoms with E-state index in [-0.39, 0.29) is 0 Å². The first-order valence-electron chi connectivity index (χ1n) is 11.1. The summed E-state index contributed by atoms with van der Waals surface area (Å²) in [7, 11) is 0. The number of rotatable bonds is 7. The number of nitrogen functional groups attached to an aromatic ring is 1. The molecule has 1 fully saturated rings. The summed E-state index contributed by atoms with van der Waals surface area (Å²) in [5.74, 6) is 2.96. The lowest BCUT2D eigenvalue weighted by molar-refractivity contribution is 1.04. The Labute approximate surface area is 188 Å². The van der Waals surface area contributed by atoms with Crippen LogP contribution in [-0.4, -0.2) is 15.0 Å². The number of pyridine rings is 1. The van der Waals surface area contributed by atoms with Crippen molar-refractivity contribution in [2.45, 2.75) is 45.7 Å². The maximum atomic E-state index is 6.07. The van der Waals surface area contributed by atoms with E-state index in [1.54, 1.807) is 12.5 Å². The van der Waals surface area contributed by atoms with Gasteiger partial charge in [-0.15, -0.1) is 0 Å². The van der Waals surface area contributed by atoms with Crippen molar-refractivity contribution in [2.75, 3.05) is 16.4 Å². The van der Waals surface area contributed by atoms with Crippen LogP contribution in [0.15, 0.2) is 55.0 Å². The zero-order valence-electron chi connectivity index (χ0n) is 18.5. The van der Waals surface area contributed by atoms with Crippen LogP contribution in [0.5, 0.6) is 0 Å². The van der Waals surface area contributed by atoms with E-state index < -0.39 is 0 Å². The van der Waals surface area contributed by atoms with Crippen molar-refractivity contribution in [1.29, 1.82) is 0 Å². The second kappa shape index (κ2) is 8.46. The molecule has 2 aromatic heterocycles. The molecule has 0 atom stereocenters. The Bertz CT molecular complexity index is 1260. The van der Waals surface area contributed by atoms with Gasteiger partial charge in [0.2, 0.25) is 0 Å². The number of benzene rings is 2. The number of aromatic nitrogens is 3. The van der Waals surface area contributed by atoms with Gasteiger partial charge in [0.05, 0.1) is 0 Å². The number of hydrogen-bond acceptors (Lipinski definition) is 6. The van der Waals surface area contributed by atoms with Crippen LogP contribution in [0.25, 0.3) is 10.8 Å². The van der Waals surface area contributed by atoms with Crippen LogP contribution in [0.1, 0.15) is 46.6 Å². The van der Waals surface area contributed by atoms with Crippen LogP contribution in [0, 0.1) is 13.8 Å². The van der Waals surface area contributed by atoms with E-state index >= 15 is 0 Å². The van der Waals surface area contributed by atoms with E-state index in [9.17, 15) is 0 Å². The summed E-state index contributed by atoms with van der Waals surface area (Å²) in [6, 6.07) is 15.0. The molecule has 2 aromatic carbocycles. The van der Waals surface area contributed by atoms with Gasteiger partial charge in [0.1, 0.15) is 23.8 Å². The average Bonchev–Trinajstić information content (AvgIpc) is 3.65. The van der Waals surface area contributed by atoms with Gasteiger partial charge in [-0.1, -0.05) is 24.3 Å². The summed E-state index contributed by atoms with van der Waals surface area (Å²) >= 11 is 0. The maximum Gasteiger partial charge on any atom is 0.131 e. The Kier molecular flexibility index (Phi) is 5.35. The topological polar surface area (TPSA) is 88.8 Å². The minimum absolute atomic E-state index is 0.571. The molecule has 5 rings (SSSR count). The summed E-state index contributed by atoms with van der Waals surface area (Å²) < 4.78 is 0. The van der Waals surface area contributed by atoms with Crippen LogP contribution < -0.4 is 16.4 Å². The van der Waals surface area contributed by atoms with Gasteiger partial charge in [0.25, 0.3) is 0 Å². The lowest BCUT2D eigenvalue weighted by Gasteiger charge is -2.15. The zero-order valence-corrected chi connectivity index (χ0v) is 18.5. The fourth-order valence-corrected chi connectivity index (χ4v) is 4.25. The highest BCUT2D eigenvalue weighted by atomic mass is 15.1. The number of aryl methyl sites for hydroxylation is 2. The zero-order chi connectivity index (χ0) is 22.1. The first kappa shape index (κ1) is 20.2. The number of nitrogens with one attached hydrogen (secondary N) is 2. The second-order valence-corrected chi connectivity index (χ2v) is 8.60. The number of nitrogens with two attached hydrogens (primary N) is 1. The third kappa shape index (κ3) is 4.21. The summed E-state index contributed by atoms with van der Waals surface area (Å²) in [4.78, 5) is 13.0. The van der Waals surface area contributed by atoms with Gasteiger partial charge in [-0.2, -0.15) is 0 Å². The molecule has 1 aliphatic rings. The molecule has 2 heterocycles. The van der Waals surface area contributed by atoms with Crippen LogP contribution in [0.3, 0.4) is 0 Å². The number of hydrogen-bond donors (Lipinski definition) is 3. The van der Waals surface area contributed by atoms with Gasteiger partial charge in [-0.3, -0.25) is 0 Å². The van der Waals surface area contributed by atoms with Gasteiger partial charge in [-0.05, 0) is 77.9 Å². The van der Waals surface area contributed by atoms with Gasteiger partial charge in [0.15, 0.2) is 0 Å². The SMILES string of the molecule is Cc1cc2c(N)nccc2c(C)c1CNc1cc(NCc2ccc(C3CC3)cc2)ncn1. The summed E-state index contributed by atoms with van der Waals surface area (Å²) in [5, 5.41) is 9.00. The first-order chi connectivity index (χ1) is 15.6. The Morgan fingerprint density at radius 3 is 2.31 bits per heavy atom. The molecule has 0 unspecified atom stereocenters. The molecule has 0 amide bonds. The van der Waals surface area contributed by atoms with Gasteiger partial charge >= 0.3 is 0 Å². The minimum atomic E-state index is 0.571. The highest BCUT2D eigenvalue weighted by Crippen LogP contribution is 2.39. The fraction of sp³-hybridized carbons (Fsp3) is 0.269. The normalized spacial score (nSPS) is 13.3. The van der Waals surface area contributed by atoms with Crippen molar-refractivity contribution in [1.82, 2.24) is 15.0 Å². The third-order valence-corrected chi connectivity index (χ3v) is 6.33. The van der Waals surface area contributed by atoms with E-state index in [1.165, 1.54) is 40.7 Å². The predicted octanol–water partition coefficient (Wildman–Crippen LogP) is 5.33. The predicted molar refractivity (Wildman–Crippen MR) is 131 cm³/mol. The molecule has 6 heteroatoms. The Morgan fingerprint density at radius 2 is 1.59 bits per heavy atom. The van der Waals surface area contributed by atoms with Gasteiger partial charge < -0.3 is 16.4 Å². The quantitative estimate of drug-likeness (QED) is 0.372. The lowest BCUT2D eigenvalue weighted by Crippen LogP contribution is -2.07. The number of nitrogens with zero attached hydrogens (tertiary/aromatic N) is 3. The molecule has 0 radical (unpaired) electrons. The minimum Gasteiger partial charge on any atom is -0.383 e. The van der Waals surface area contributed by atoms with E-state index in [4.69, 9.17) is 5.73 Å². The van der Waals surface area contributed by atoms with E-state index in [1.807, 2.05) is 12.1 Å². The van der Waals surface area contributed by atoms with Crippen molar-refractivity contribution in [3.8, 4) is 0 Å². The smallest absolute Gasteiger partial charge is 0.131 e. The molecule has 0 aliphatic heterocycles. The molecule has 1 saturated carbocycles. The molecule has 6 nitrogen and oxygen atoms in total. The van der Waals surface area contributed by atoms with Crippen molar-refractivity contribution >= 4 is 28.2 Å². The Morgan fingerprint density at radius 1 is 0.875 bits per heavy atom. The lowest BCUT2D eigenvalue weighted by atomic mass is 9.96. The molecule has 0 saturated heterocycles. The largest absolute Gasteiger partial charge is 0.383 e. The van der Waals surface area contributed by atoms with Crippen LogP contribution in [0.2, 0.25) is 0 Å². The monoisotopic (exact) mass is 424 g/mol. The molecular formula is C26H28N6. The van der Waals surface area contributed by atoms with E-state index in [0.29, 0.717) is 12.4 Å². The highest BCUT2D eigenvalue weighted by Gasteiger charge is 2.22. The fourth-order valence-electron chi connectivity index (χ4n) is 4.25. The molecule has 0 bridgehead atoms. The first-order valence-corrected chi connectivity index (χ1v) is 11.1. The van der Waals surface area contributed by atoms with Crippen LogP contribution in [0.4, 0.5) is 17.5 Å². The molecule has 1 aliphatic carbocycles. The van der Waals surface area contributed by atoms with Crippen LogP contribution >= 0.6 is 0 Å². The molecular weight excluding hydrogens is 396 g/mol. The van der Waals surface area contributed by atoms with Crippen molar-refractivity contribution in [3.05, 3.63) is 82.8 Å².